The monoisotopic (exact) mass is 273 g/mol. The van der Waals surface area contributed by atoms with Gasteiger partial charge in [0.1, 0.15) is 5.78 Å². The summed E-state index contributed by atoms with van der Waals surface area (Å²) in [6.45, 7) is 14.2. The highest BCUT2D eigenvalue weighted by molar-refractivity contribution is 5.75. The van der Waals surface area contributed by atoms with E-state index in [0.29, 0.717) is 30.0 Å². The van der Waals surface area contributed by atoms with Crippen LogP contribution in [0.2, 0.25) is 0 Å². The third-order valence-corrected chi connectivity index (χ3v) is 6.33. The minimum atomic E-state index is 0.220. The summed E-state index contributed by atoms with van der Waals surface area (Å²) in [4.78, 5) is 14.0. The van der Waals surface area contributed by atoms with Gasteiger partial charge >= 0.3 is 0 Å². The molecule has 0 aromatic heterocycles. The van der Waals surface area contributed by atoms with Gasteiger partial charge in [-0.15, -0.1) is 6.58 Å². The Hall–Kier alpha value is -0.890. The molecule has 3 aliphatic rings. The van der Waals surface area contributed by atoms with Crippen molar-refractivity contribution in [2.45, 2.75) is 58.0 Å². The Labute approximate surface area is 122 Å². The van der Waals surface area contributed by atoms with E-state index in [9.17, 15) is 4.79 Å². The molecule has 2 aliphatic heterocycles. The first-order valence-corrected chi connectivity index (χ1v) is 7.93. The number of ketones is 1. The minimum Gasteiger partial charge on any atom is -0.300 e. The number of nitrogens with zero attached hydrogens (tertiary/aromatic N) is 1. The first-order chi connectivity index (χ1) is 9.33. The van der Waals surface area contributed by atoms with Gasteiger partial charge in [-0.25, -0.2) is 0 Å². The molecule has 1 unspecified atom stereocenters. The average Bonchev–Trinajstić information content (AvgIpc) is 2.69. The maximum absolute atomic E-state index is 11.2. The van der Waals surface area contributed by atoms with Crippen molar-refractivity contribution in [3.8, 4) is 0 Å². The number of fused-ring (bicyclic) bond motifs is 3. The zero-order chi connectivity index (χ0) is 14.7. The lowest BCUT2D eigenvalue weighted by atomic mass is 9.60. The standard InChI is InChI=1S/C18H27NO/c1-6-14-9-10-19-17(3,4)16-13(8-7-12(2)20)11-15(16)18(14,19)5/h6,11,14-16H,1,7-10H2,2-5H3/t14-,15?,16-,18+/m1/s1. The Balaban J connectivity index is 1.90. The molecule has 0 N–H and O–H groups in total. The van der Waals surface area contributed by atoms with E-state index < -0.39 is 0 Å². The lowest BCUT2D eigenvalue weighted by molar-refractivity contribution is -0.117. The van der Waals surface area contributed by atoms with E-state index >= 15 is 0 Å². The molecule has 0 spiro atoms. The van der Waals surface area contributed by atoms with Crippen LogP contribution < -0.4 is 0 Å². The third-order valence-electron chi connectivity index (χ3n) is 6.33. The van der Waals surface area contributed by atoms with E-state index in [4.69, 9.17) is 0 Å². The fourth-order valence-corrected chi connectivity index (χ4v) is 5.36. The Kier molecular flexibility index (Phi) is 3.02. The van der Waals surface area contributed by atoms with E-state index in [1.807, 2.05) is 0 Å². The summed E-state index contributed by atoms with van der Waals surface area (Å²) in [5.74, 6) is 2.18. The number of rotatable bonds is 4. The molecule has 2 saturated heterocycles. The van der Waals surface area contributed by atoms with Gasteiger partial charge < -0.3 is 4.79 Å². The summed E-state index contributed by atoms with van der Waals surface area (Å²) >= 11 is 0. The molecule has 110 valence electrons. The fraction of sp³-hybridized carbons (Fsp3) is 0.722. The highest BCUT2D eigenvalue weighted by Crippen LogP contribution is 2.63. The van der Waals surface area contributed by atoms with Crippen LogP contribution in [0.1, 0.15) is 47.0 Å². The predicted octanol–water partition coefficient (Wildman–Crippen LogP) is 3.59. The molecule has 0 aromatic rings. The van der Waals surface area contributed by atoms with Crippen molar-refractivity contribution in [2.24, 2.45) is 17.8 Å². The molecule has 2 heteroatoms. The summed E-state index contributed by atoms with van der Waals surface area (Å²) < 4.78 is 0. The van der Waals surface area contributed by atoms with E-state index in [0.717, 1.165) is 6.42 Å². The lowest BCUT2D eigenvalue weighted by Gasteiger charge is -2.42. The number of carbonyl (C=O) groups is 1. The van der Waals surface area contributed by atoms with Crippen molar-refractivity contribution in [3.05, 3.63) is 24.3 Å². The highest BCUT2D eigenvalue weighted by atomic mass is 16.1. The Bertz CT molecular complexity index is 490. The molecule has 0 amide bonds. The van der Waals surface area contributed by atoms with Gasteiger partial charge in [-0.1, -0.05) is 17.7 Å². The quantitative estimate of drug-likeness (QED) is 0.730. The molecule has 2 nitrogen and oxygen atoms in total. The van der Waals surface area contributed by atoms with Crippen LogP contribution in [-0.2, 0) is 4.79 Å². The number of hydrogen-bond donors (Lipinski definition) is 0. The second-order valence-corrected chi connectivity index (χ2v) is 7.61. The molecule has 2 fully saturated rings. The zero-order valence-electron chi connectivity index (χ0n) is 13.3. The normalized spacial score (nSPS) is 41.6. The van der Waals surface area contributed by atoms with Crippen molar-refractivity contribution in [2.75, 3.05) is 6.54 Å². The molecular formula is C18H27NO. The van der Waals surface area contributed by atoms with Crippen LogP contribution in [0.5, 0.6) is 0 Å². The van der Waals surface area contributed by atoms with Gasteiger partial charge in [0.05, 0.1) is 0 Å². The van der Waals surface area contributed by atoms with E-state index in [-0.39, 0.29) is 11.1 Å². The van der Waals surface area contributed by atoms with Gasteiger partial charge in [0.2, 0.25) is 0 Å². The van der Waals surface area contributed by atoms with Crippen LogP contribution >= 0.6 is 0 Å². The summed E-state index contributed by atoms with van der Waals surface area (Å²) in [6, 6.07) is 0. The maximum atomic E-state index is 11.2. The molecule has 3 rings (SSSR count). The SMILES string of the molecule is C=C[C@@H]1CCN2C(C)(C)[C@@H]3C(CCC(C)=O)=CC3[C@]12C. The Morgan fingerprint density at radius 2 is 2.20 bits per heavy atom. The van der Waals surface area contributed by atoms with Crippen molar-refractivity contribution in [3.63, 3.8) is 0 Å². The fourth-order valence-electron chi connectivity index (χ4n) is 5.36. The number of hydrogen-bond acceptors (Lipinski definition) is 2. The van der Waals surface area contributed by atoms with Crippen molar-refractivity contribution < 1.29 is 4.79 Å². The van der Waals surface area contributed by atoms with Gasteiger partial charge in [0, 0.05) is 29.3 Å². The first-order valence-electron chi connectivity index (χ1n) is 7.93. The molecule has 0 saturated carbocycles. The molecule has 20 heavy (non-hydrogen) atoms. The second-order valence-electron chi connectivity index (χ2n) is 7.61. The van der Waals surface area contributed by atoms with Gasteiger partial charge in [0.25, 0.3) is 0 Å². The van der Waals surface area contributed by atoms with Crippen molar-refractivity contribution in [1.29, 1.82) is 0 Å². The van der Waals surface area contributed by atoms with Crippen LogP contribution in [0.4, 0.5) is 0 Å². The summed E-state index contributed by atoms with van der Waals surface area (Å²) in [7, 11) is 0. The molecule has 0 bridgehead atoms. The molecule has 4 atom stereocenters. The molecular weight excluding hydrogens is 246 g/mol. The van der Waals surface area contributed by atoms with Crippen molar-refractivity contribution >= 4 is 5.78 Å². The third kappa shape index (κ3) is 1.57. The second kappa shape index (κ2) is 4.30. The largest absolute Gasteiger partial charge is 0.300 e. The summed E-state index contributed by atoms with van der Waals surface area (Å²) in [5, 5.41) is 0. The number of carbonyl (C=O) groups excluding carboxylic acids is 1. The van der Waals surface area contributed by atoms with Crippen LogP contribution in [0.3, 0.4) is 0 Å². The lowest BCUT2D eigenvalue weighted by Crippen LogP contribution is -2.49. The van der Waals surface area contributed by atoms with Gasteiger partial charge in [-0.3, -0.25) is 4.90 Å². The average molecular weight is 273 g/mol. The van der Waals surface area contributed by atoms with Crippen LogP contribution in [0, 0.1) is 17.8 Å². The minimum absolute atomic E-state index is 0.220. The van der Waals surface area contributed by atoms with Gasteiger partial charge in [-0.2, -0.15) is 0 Å². The predicted molar refractivity (Wildman–Crippen MR) is 82.5 cm³/mol. The van der Waals surface area contributed by atoms with Gasteiger partial charge in [-0.05, 0) is 53.0 Å². The molecule has 0 aromatic carbocycles. The van der Waals surface area contributed by atoms with Crippen LogP contribution in [-0.4, -0.2) is 28.3 Å². The van der Waals surface area contributed by atoms with E-state index in [1.54, 1.807) is 6.92 Å². The van der Waals surface area contributed by atoms with Crippen molar-refractivity contribution in [1.82, 2.24) is 4.90 Å². The van der Waals surface area contributed by atoms with E-state index in [2.05, 4.69) is 44.4 Å². The summed E-state index contributed by atoms with van der Waals surface area (Å²) in [5.41, 5.74) is 1.99. The van der Waals surface area contributed by atoms with Crippen LogP contribution in [0.25, 0.3) is 0 Å². The zero-order valence-corrected chi connectivity index (χ0v) is 13.3. The Morgan fingerprint density at radius 3 is 2.80 bits per heavy atom. The molecule has 1 aliphatic carbocycles. The van der Waals surface area contributed by atoms with E-state index in [1.165, 1.54) is 18.5 Å². The molecule has 0 radical (unpaired) electrons. The summed E-state index contributed by atoms with van der Waals surface area (Å²) in [6.07, 6.45) is 7.54. The topological polar surface area (TPSA) is 20.3 Å². The Morgan fingerprint density at radius 1 is 1.50 bits per heavy atom. The molecule has 2 heterocycles. The maximum Gasteiger partial charge on any atom is 0.130 e. The van der Waals surface area contributed by atoms with Gasteiger partial charge in [0.15, 0.2) is 0 Å². The smallest absolute Gasteiger partial charge is 0.130 e. The number of Topliss-reactive ketones (excluding diaryl/α,β-unsaturated/α-hetero) is 1. The first kappa shape index (κ1) is 14.1. The highest BCUT2D eigenvalue weighted by Gasteiger charge is 2.67. The van der Waals surface area contributed by atoms with Crippen LogP contribution in [0.15, 0.2) is 24.3 Å².